The lowest BCUT2D eigenvalue weighted by molar-refractivity contribution is 0.337. The Balaban J connectivity index is 1.72. The van der Waals surface area contributed by atoms with Crippen LogP contribution in [0.5, 0.6) is 0 Å². The van der Waals surface area contributed by atoms with E-state index in [1.54, 1.807) is 24.4 Å². The Hall–Kier alpha value is -3.48. The number of nitriles is 1. The van der Waals surface area contributed by atoms with Crippen molar-refractivity contribution >= 4 is 27.0 Å². The van der Waals surface area contributed by atoms with E-state index in [0.717, 1.165) is 27.5 Å². The number of nitrogens with one attached hydrogen (secondary N) is 1. The maximum absolute atomic E-state index is 12.2. The number of aromatic amines is 1. The first-order valence-electron chi connectivity index (χ1n) is 9.47. The molecule has 31 heavy (non-hydrogen) atoms. The predicted molar refractivity (Wildman–Crippen MR) is 119 cm³/mol. The van der Waals surface area contributed by atoms with Gasteiger partial charge in [0.25, 0.3) is 0 Å². The molecule has 4 heterocycles. The quantitative estimate of drug-likeness (QED) is 0.660. The van der Waals surface area contributed by atoms with Crippen LogP contribution in [0, 0.1) is 11.3 Å². The molecule has 9 heteroatoms. The van der Waals surface area contributed by atoms with Crippen molar-refractivity contribution in [2.24, 2.45) is 4.99 Å². The van der Waals surface area contributed by atoms with Crippen LogP contribution in [0.4, 0.5) is 0 Å². The Bertz CT molecular complexity index is 1400. The van der Waals surface area contributed by atoms with Crippen LogP contribution in [0.2, 0.25) is 0 Å². The molecule has 1 atom stereocenters. The van der Waals surface area contributed by atoms with Gasteiger partial charge in [0.1, 0.15) is 15.6 Å². The summed E-state index contributed by atoms with van der Waals surface area (Å²) in [6.45, 7) is 0.420. The van der Waals surface area contributed by atoms with Crippen molar-refractivity contribution in [3.63, 3.8) is 0 Å². The minimum Gasteiger partial charge on any atom is -0.316 e. The highest BCUT2D eigenvalue weighted by Crippen LogP contribution is 2.47. The standard InChI is InChI=1S/C22H17N5O2S2/c1-31(28,29)20-10-9-18(30-20)22(14-24-19-4-2-3-11-27(19)22)17-13-25-26-21(17)16-7-5-15(12-23)6-8-16/h2-11,13H,14H2,1H3,(H,25,26). The third kappa shape index (κ3) is 3.03. The zero-order chi connectivity index (χ0) is 21.6. The zero-order valence-electron chi connectivity index (χ0n) is 16.5. The first kappa shape index (κ1) is 19.5. The molecule has 154 valence electrons. The number of hydrogen-bond donors (Lipinski definition) is 1. The summed E-state index contributed by atoms with van der Waals surface area (Å²) in [6, 6.07) is 12.9. The van der Waals surface area contributed by atoms with Crippen LogP contribution in [0.15, 0.2) is 76.2 Å². The van der Waals surface area contributed by atoms with Crippen molar-refractivity contribution in [3.05, 3.63) is 83.0 Å². The van der Waals surface area contributed by atoms with Crippen LogP contribution >= 0.6 is 11.3 Å². The summed E-state index contributed by atoms with van der Waals surface area (Å²) >= 11 is 1.25. The molecule has 0 spiro atoms. The van der Waals surface area contributed by atoms with Gasteiger partial charge in [-0.1, -0.05) is 18.2 Å². The average Bonchev–Trinajstić information content (AvgIpc) is 3.51. The molecule has 0 radical (unpaired) electrons. The van der Waals surface area contributed by atoms with Crippen molar-refractivity contribution in [1.82, 2.24) is 15.1 Å². The van der Waals surface area contributed by atoms with Gasteiger partial charge in [-0.05, 0) is 42.0 Å². The Kier molecular flexibility index (Phi) is 4.43. The summed E-state index contributed by atoms with van der Waals surface area (Å²) in [6.07, 6.45) is 10.8. The molecule has 3 aromatic rings. The fourth-order valence-corrected chi connectivity index (χ4v) is 6.10. The van der Waals surface area contributed by atoms with Crippen LogP contribution in [0.1, 0.15) is 16.0 Å². The number of sulfone groups is 1. The van der Waals surface area contributed by atoms with Crippen LogP contribution < -0.4 is 0 Å². The van der Waals surface area contributed by atoms with Gasteiger partial charge >= 0.3 is 0 Å². The van der Waals surface area contributed by atoms with Crippen LogP contribution in [0.25, 0.3) is 11.3 Å². The highest BCUT2D eigenvalue weighted by atomic mass is 32.2. The highest BCUT2D eigenvalue weighted by Gasteiger charge is 2.48. The first-order valence-corrected chi connectivity index (χ1v) is 12.2. The molecule has 0 amide bonds. The van der Waals surface area contributed by atoms with Gasteiger partial charge in [-0.25, -0.2) is 8.42 Å². The first-order chi connectivity index (χ1) is 14.9. The third-order valence-electron chi connectivity index (χ3n) is 5.46. The molecule has 0 saturated carbocycles. The fourth-order valence-electron chi connectivity index (χ4n) is 3.97. The lowest BCUT2D eigenvalue weighted by Gasteiger charge is -2.38. The summed E-state index contributed by atoms with van der Waals surface area (Å²) in [5.74, 6) is 0.809. The lowest BCUT2D eigenvalue weighted by Crippen LogP contribution is -2.44. The van der Waals surface area contributed by atoms with Crippen LogP contribution in [-0.2, 0) is 15.4 Å². The number of benzene rings is 1. The summed E-state index contributed by atoms with van der Waals surface area (Å²) in [4.78, 5) is 7.69. The van der Waals surface area contributed by atoms with Crippen LogP contribution in [0.3, 0.4) is 0 Å². The third-order valence-corrected chi connectivity index (χ3v) is 8.52. The van der Waals surface area contributed by atoms with Gasteiger partial charge in [0.15, 0.2) is 9.84 Å². The predicted octanol–water partition coefficient (Wildman–Crippen LogP) is 3.45. The molecular weight excluding hydrogens is 430 g/mol. The van der Waals surface area contributed by atoms with E-state index in [0.29, 0.717) is 16.3 Å². The fraction of sp³-hybridized carbons (Fsp3) is 0.136. The number of fused-ring (bicyclic) bond motifs is 1. The van der Waals surface area contributed by atoms with E-state index < -0.39 is 15.4 Å². The van der Waals surface area contributed by atoms with Gasteiger partial charge in [-0.15, -0.1) is 11.3 Å². The molecule has 0 fully saturated rings. The van der Waals surface area contributed by atoms with Crippen LogP contribution in [-0.4, -0.2) is 42.2 Å². The van der Waals surface area contributed by atoms with E-state index >= 15 is 0 Å². The summed E-state index contributed by atoms with van der Waals surface area (Å²) in [5.41, 5.74) is 2.42. The number of hydrogen-bond acceptors (Lipinski definition) is 7. The van der Waals surface area contributed by atoms with Crippen molar-refractivity contribution in [2.75, 3.05) is 12.8 Å². The minimum absolute atomic E-state index is 0.315. The summed E-state index contributed by atoms with van der Waals surface area (Å²) in [7, 11) is -3.33. The number of nitrogens with zero attached hydrogens (tertiary/aromatic N) is 4. The topological polar surface area (TPSA) is 102 Å². The molecule has 7 nitrogen and oxygen atoms in total. The Labute approximate surface area is 183 Å². The van der Waals surface area contributed by atoms with Gasteiger partial charge < -0.3 is 4.90 Å². The number of thiophene rings is 1. The smallest absolute Gasteiger partial charge is 0.184 e. The van der Waals surface area contributed by atoms with Crippen molar-refractivity contribution in [1.29, 1.82) is 5.26 Å². The molecule has 2 aliphatic rings. The maximum atomic E-state index is 12.2. The second-order valence-electron chi connectivity index (χ2n) is 7.34. The van der Waals surface area contributed by atoms with Crippen molar-refractivity contribution < 1.29 is 8.42 Å². The highest BCUT2D eigenvalue weighted by molar-refractivity contribution is 7.92. The zero-order valence-corrected chi connectivity index (χ0v) is 18.1. The number of amidine groups is 1. The Morgan fingerprint density at radius 3 is 2.71 bits per heavy atom. The van der Waals surface area contributed by atoms with Gasteiger partial charge in [-0.2, -0.15) is 10.4 Å². The van der Waals surface area contributed by atoms with E-state index in [9.17, 15) is 8.42 Å². The molecule has 0 bridgehead atoms. The molecule has 1 unspecified atom stereocenters. The van der Waals surface area contributed by atoms with E-state index in [1.807, 2.05) is 42.6 Å². The van der Waals surface area contributed by atoms with Gasteiger partial charge in [0.05, 0.1) is 30.1 Å². The van der Waals surface area contributed by atoms with E-state index in [2.05, 4.69) is 21.2 Å². The Morgan fingerprint density at radius 2 is 2.00 bits per heavy atom. The SMILES string of the molecule is CS(=O)(=O)c1ccc(C2(c3cn[nH]c3-c3ccc(C#N)cc3)CN=C3C=CC=CN32)s1. The molecule has 2 aliphatic heterocycles. The van der Waals surface area contributed by atoms with Crippen molar-refractivity contribution in [2.45, 2.75) is 9.75 Å². The summed E-state index contributed by atoms with van der Waals surface area (Å²) in [5, 5.41) is 16.5. The number of rotatable bonds is 4. The molecule has 1 aromatic carbocycles. The molecule has 2 aromatic heterocycles. The second kappa shape index (κ2) is 7.04. The maximum Gasteiger partial charge on any atom is 0.184 e. The molecule has 0 saturated heterocycles. The van der Waals surface area contributed by atoms with E-state index in [1.165, 1.54) is 17.6 Å². The van der Waals surface area contributed by atoms with E-state index in [4.69, 9.17) is 10.3 Å². The van der Waals surface area contributed by atoms with Gasteiger partial charge in [0.2, 0.25) is 0 Å². The average molecular weight is 448 g/mol. The molecule has 1 N–H and O–H groups in total. The molecule has 0 aliphatic carbocycles. The normalized spacial score (nSPS) is 19.9. The number of H-pyrrole nitrogens is 1. The number of allylic oxidation sites excluding steroid dienone is 2. The molecular formula is C22H17N5O2S2. The second-order valence-corrected chi connectivity index (χ2v) is 10.7. The van der Waals surface area contributed by atoms with Gasteiger partial charge in [0, 0.05) is 22.9 Å². The largest absolute Gasteiger partial charge is 0.316 e. The van der Waals surface area contributed by atoms with Gasteiger partial charge in [-0.3, -0.25) is 10.1 Å². The number of aromatic nitrogens is 2. The Morgan fingerprint density at radius 1 is 1.19 bits per heavy atom. The lowest BCUT2D eigenvalue weighted by atomic mass is 9.85. The monoisotopic (exact) mass is 447 g/mol. The van der Waals surface area contributed by atoms with Crippen molar-refractivity contribution in [3.8, 4) is 17.3 Å². The number of aliphatic imine (C=N–C) groups is 1. The van der Waals surface area contributed by atoms with E-state index in [-0.39, 0.29) is 0 Å². The molecule has 5 rings (SSSR count). The minimum atomic E-state index is -3.33. The summed E-state index contributed by atoms with van der Waals surface area (Å²) < 4.78 is 24.7.